The van der Waals surface area contributed by atoms with E-state index in [2.05, 4.69) is 36.5 Å². The molecular formula is C22H27N3O3. The lowest BCUT2D eigenvalue weighted by molar-refractivity contribution is 0.0937. The molecule has 1 heterocycles. The lowest BCUT2D eigenvalue weighted by Gasteiger charge is -2.35. The summed E-state index contributed by atoms with van der Waals surface area (Å²) in [4.78, 5) is 28.7. The van der Waals surface area contributed by atoms with Gasteiger partial charge in [0.1, 0.15) is 0 Å². The minimum Gasteiger partial charge on any atom is -0.383 e. The highest BCUT2D eigenvalue weighted by Crippen LogP contribution is 2.22. The zero-order valence-corrected chi connectivity index (χ0v) is 16.5. The number of carbonyl (C=O) groups is 2. The van der Waals surface area contributed by atoms with Crippen molar-refractivity contribution in [2.45, 2.75) is 19.9 Å². The first-order chi connectivity index (χ1) is 13.6. The molecule has 148 valence electrons. The van der Waals surface area contributed by atoms with Crippen molar-refractivity contribution in [3.63, 3.8) is 0 Å². The molecule has 1 aliphatic rings. The molecule has 0 spiro atoms. The van der Waals surface area contributed by atoms with Gasteiger partial charge in [0.05, 0.1) is 6.61 Å². The first-order valence-electron chi connectivity index (χ1n) is 9.57. The molecule has 1 aliphatic heterocycles. The van der Waals surface area contributed by atoms with Crippen LogP contribution in [-0.4, -0.2) is 50.2 Å². The number of ether oxygens (including phenoxy) is 1. The van der Waals surface area contributed by atoms with E-state index in [-0.39, 0.29) is 11.9 Å². The van der Waals surface area contributed by atoms with Gasteiger partial charge in [0.2, 0.25) is 0 Å². The molecule has 2 aromatic carbocycles. The SMILES string of the molecule is COCCNC(=O)c1ccc(N2CCCN(Cc3ccc(C)cc3)C2=O)cc1. The number of hydrogen-bond donors (Lipinski definition) is 1. The van der Waals surface area contributed by atoms with Crippen molar-refractivity contribution in [3.8, 4) is 0 Å². The summed E-state index contributed by atoms with van der Waals surface area (Å²) in [6.45, 7) is 5.04. The molecule has 2 aromatic rings. The molecule has 3 rings (SSSR count). The Morgan fingerprint density at radius 1 is 1.07 bits per heavy atom. The fourth-order valence-corrected chi connectivity index (χ4v) is 3.24. The van der Waals surface area contributed by atoms with Gasteiger partial charge in [0.15, 0.2) is 0 Å². The second kappa shape index (κ2) is 9.37. The molecule has 1 N–H and O–H groups in total. The van der Waals surface area contributed by atoms with Crippen molar-refractivity contribution in [1.82, 2.24) is 10.2 Å². The zero-order valence-electron chi connectivity index (χ0n) is 16.5. The molecule has 3 amide bonds. The molecule has 6 heteroatoms. The van der Waals surface area contributed by atoms with E-state index >= 15 is 0 Å². The molecule has 0 bridgehead atoms. The van der Waals surface area contributed by atoms with E-state index in [1.807, 2.05) is 17.0 Å². The van der Waals surface area contributed by atoms with E-state index in [0.717, 1.165) is 24.2 Å². The number of benzene rings is 2. The van der Waals surface area contributed by atoms with Crippen LogP contribution in [-0.2, 0) is 11.3 Å². The molecule has 0 aliphatic carbocycles. The van der Waals surface area contributed by atoms with Gasteiger partial charge in [0, 0.05) is 44.5 Å². The third kappa shape index (κ3) is 4.89. The summed E-state index contributed by atoms with van der Waals surface area (Å²) in [7, 11) is 1.60. The Labute approximate surface area is 166 Å². The number of carbonyl (C=O) groups excluding carboxylic acids is 2. The number of aryl methyl sites for hydroxylation is 1. The van der Waals surface area contributed by atoms with E-state index in [0.29, 0.717) is 31.8 Å². The molecule has 0 radical (unpaired) electrons. The van der Waals surface area contributed by atoms with Gasteiger partial charge in [0.25, 0.3) is 5.91 Å². The minimum atomic E-state index is -0.144. The number of rotatable bonds is 7. The third-order valence-corrected chi connectivity index (χ3v) is 4.84. The predicted octanol–water partition coefficient (Wildman–Crippen LogP) is 3.20. The van der Waals surface area contributed by atoms with Crippen molar-refractivity contribution >= 4 is 17.6 Å². The number of anilines is 1. The topological polar surface area (TPSA) is 61.9 Å². The highest BCUT2D eigenvalue weighted by Gasteiger charge is 2.26. The van der Waals surface area contributed by atoms with Crippen molar-refractivity contribution in [3.05, 3.63) is 65.2 Å². The van der Waals surface area contributed by atoms with Crippen molar-refractivity contribution < 1.29 is 14.3 Å². The molecule has 0 unspecified atom stereocenters. The number of urea groups is 1. The number of methoxy groups -OCH3 is 1. The van der Waals surface area contributed by atoms with E-state index in [4.69, 9.17) is 4.74 Å². The average Bonchev–Trinajstić information content (AvgIpc) is 2.71. The first kappa shape index (κ1) is 19.9. The van der Waals surface area contributed by atoms with Gasteiger partial charge in [-0.2, -0.15) is 0 Å². The van der Waals surface area contributed by atoms with Gasteiger partial charge in [-0.15, -0.1) is 0 Å². The summed E-state index contributed by atoms with van der Waals surface area (Å²) in [6.07, 6.45) is 0.914. The Kier molecular flexibility index (Phi) is 6.66. The molecule has 0 aromatic heterocycles. The lowest BCUT2D eigenvalue weighted by atomic mass is 10.1. The maximum absolute atomic E-state index is 12.9. The molecule has 1 fully saturated rings. The summed E-state index contributed by atoms with van der Waals surface area (Å²) in [6, 6.07) is 15.4. The summed E-state index contributed by atoms with van der Waals surface area (Å²) in [5, 5.41) is 2.79. The third-order valence-electron chi connectivity index (χ3n) is 4.84. The van der Waals surface area contributed by atoms with Crippen LogP contribution < -0.4 is 10.2 Å². The van der Waals surface area contributed by atoms with Crippen molar-refractivity contribution in [1.29, 1.82) is 0 Å². The minimum absolute atomic E-state index is 0.00382. The Morgan fingerprint density at radius 2 is 1.79 bits per heavy atom. The number of amides is 3. The summed E-state index contributed by atoms with van der Waals surface area (Å²) in [5.41, 5.74) is 3.72. The van der Waals surface area contributed by atoms with Crippen molar-refractivity contribution in [2.24, 2.45) is 0 Å². The zero-order chi connectivity index (χ0) is 19.9. The Bertz CT molecular complexity index is 803. The summed E-state index contributed by atoms with van der Waals surface area (Å²) in [5.74, 6) is -0.144. The van der Waals surface area contributed by atoms with Gasteiger partial charge in [-0.3, -0.25) is 9.69 Å². The Morgan fingerprint density at radius 3 is 2.46 bits per heavy atom. The van der Waals surface area contributed by atoms with Crippen LogP contribution in [0, 0.1) is 6.92 Å². The monoisotopic (exact) mass is 381 g/mol. The fraction of sp³-hybridized carbons (Fsp3) is 0.364. The molecule has 28 heavy (non-hydrogen) atoms. The molecule has 0 atom stereocenters. The maximum atomic E-state index is 12.9. The quantitative estimate of drug-likeness (QED) is 0.749. The van der Waals surface area contributed by atoms with Crippen LogP contribution >= 0.6 is 0 Å². The molecule has 1 saturated heterocycles. The number of hydrogen-bond acceptors (Lipinski definition) is 3. The van der Waals surface area contributed by atoms with E-state index in [9.17, 15) is 9.59 Å². The van der Waals surface area contributed by atoms with Gasteiger partial charge in [-0.1, -0.05) is 29.8 Å². The van der Waals surface area contributed by atoms with Crippen LogP contribution in [0.15, 0.2) is 48.5 Å². The van der Waals surface area contributed by atoms with Crippen LogP contribution in [0.25, 0.3) is 0 Å². The van der Waals surface area contributed by atoms with Gasteiger partial charge >= 0.3 is 6.03 Å². The van der Waals surface area contributed by atoms with Crippen LogP contribution in [0.1, 0.15) is 27.9 Å². The first-order valence-corrected chi connectivity index (χ1v) is 9.57. The highest BCUT2D eigenvalue weighted by atomic mass is 16.5. The van der Waals surface area contributed by atoms with E-state index < -0.39 is 0 Å². The highest BCUT2D eigenvalue weighted by molar-refractivity contribution is 5.96. The molecule has 6 nitrogen and oxygen atoms in total. The van der Waals surface area contributed by atoms with E-state index in [1.165, 1.54) is 5.56 Å². The summed E-state index contributed by atoms with van der Waals surface area (Å²) >= 11 is 0. The standard InChI is InChI=1S/C22H27N3O3/c1-17-4-6-18(7-5-17)16-24-13-3-14-25(22(24)27)20-10-8-19(9-11-20)21(26)23-12-15-28-2/h4-11H,3,12-16H2,1-2H3,(H,23,26). The van der Waals surface area contributed by atoms with E-state index in [1.54, 1.807) is 24.1 Å². The Hall–Kier alpha value is -2.86. The fourth-order valence-electron chi connectivity index (χ4n) is 3.24. The van der Waals surface area contributed by atoms with Crippen LogP contribution in [0.5, 0.6) is 0 Å². The lowest BCUT2D eigenvalue weighted by Crippen LogP contribution is -2.49. The van der Waals surface area contributed by atoms with Gasteiger partial charge < -0.3 is 15.0 Å². The maximum Gasteiger partial charge on any atom is 0.324 e. The van der Waals surface area contributed by atoms with Crippen molar-refractivity contribution in [2.75, 3.05) is 38.3 Å². The van der Waals surface area contributed by atoms with Crippen LogP contribution in [0.4, 0.5) is 10.5 Å². The second-order valence-electron chi connectivity index (χ2n) is 6.99. The smallest absolute Gasteiger partial charge is 0.324 e. The van der Waals surface area contributed by atoms with Crippen LogP contribution in [0.2, 0.25) is 0 Å². The normalized spacial score (nSPS) is 14.3. The summed E-state index contributed by atoms with van der Waals surface area (Å²) < 4.78 is 4.93. The molecular weight excluding hydrogens is 354 g/mol. The molecule has 0 saturated carbocycles. The Balaban J connectivity index is 1.64. The van der Waals surface area contributed by atoms with Gasteiger partial charge in [-0.05, 0) is 43.2 Å². The number of nitrogens with zero attached hydrogens (tertiary/aromatic N) is 2. The number of nitrogens with one attached hydrogen (secondary N) is 1. The average molecular weight is 381 g/mol. The largest absolute Gasteiger partial charge is 0.383 e. The van der Waals surface area contributed by atoms with Gasteiger partial charge in [-0.25, -0.2) is 4.79 Å². The second-order valence-corrected chi connectivity index (χ2v) is 6.99. The van der Waals surface area contributed by atoms with Crippen LogP contribution in [0.3, 0.4) is 0 Å². The predicted molar refractivity (Wildman–Crippen MR) is 110 cm³/mol.